The number of nitrogens with zero attached hydrogens (tertiary/aromatic N) is 1. The zero-order valence-corrected chi connectivity index (χ0v) is 15.7. The summed E-state index contributed by atoms with van der Waals surface area (Å²) < 4.78 is 37.9. The highest BCUT2D eigenvalue weighted by molar-refractivity contribution is 7.89. The lowest BCUT2D eigenvalue weighted by atomic mass is 9.92. The first-order chi connectivity index (χ1) is 12.0. The first-order valence-electron chi connectivity index (χ1n) is 7.86. The molecule has 0 unspecified atom stereocenters. The van der Waals surface area contributed by atoms with E-state index < -0.39 is 10.0 Å². The Morgan fingerprint density at radius 1 is 1.20 bits per heavy atom. The Kier molecular flexibility index (Phi) is 5.33. The van der Waals surface area contributed by atoms with Crippen LogP contribution in [0, 0.1) is 5.92 Å². The highest BCUT2D eigenvalue weighted by Crippen LogP contribution is 2.37. The van der Waals surface area contributed by atoms with E-state index in [0.717, 1.165) is 5.56 Å². The molecular weight excluding hydrogens is 362 g/mol. The summed E-state index contributed by atoms with van der Waals surface area (Å²) in [4.78, 5) is 0.160. The summed E-state index contributed by atoms with van der Waals surface area (Å²) in [5.74, 6) is 0.749. The van der Waals surface area contributed by atoms with Crippen LogP contribution in [-0.4, -0.2) is 51.7 Å². The van der Waals surface area contributed by atoms with Gasteiger partial charge in [0.15, 0.2) is 11.5 Å². The molecule has 0 aliphatic carbocycles. The molecule has 2 heterocycles. The van der Waals surface area contributed by atoms with Crippen LogP contribution < -0.4 is 9.47 Å². The van der Waals surface area contributed by atoms with Crippen molar-refractivity contribution in [2.24, 2.45) is 5.92 Å². The Hall–Kier alpha value is -1.61. The minimum atomic E-state index is -3.67. The molecule has 6 nitrogen and oxygen atoms in total. The van der Waals surface area contributed by atoms with Gasteiger partial charge in [0.25, 0.3) is 0 Å². The predicted octanol–water partition coefficient (Wildman–Crippen LogP) is 2.16. The number of sulfonamides is 1. The minimum Gasteiger partial charge on any atom is -0.493 e. The quantitative estimate of drug-likeness (QED) is 0.827. The van der Waals surface area contributed by atoms with Crippen molar-refractivity contribution in [3.63, 3.8) is 0 Å². The Morgan fingerprint density at radius 2 is 1.96 bits per heavy atom. The van der Waals surface area contributed by atoms with Crippen LogP contribution in [0.2, 0.25) is 0 Å². The van der Waals surface area contributed by atoms with Gasteiger partial charge in [0.05, 0.1) is 19.1 Å². The summed E-state index contributed by atoms with van der Waals surface area (Å²) in [6.45, 7) is 0.616. The number of ether oxygens (including phenoxy) is 2. The van der Waals surface area contributed by atoms with E-state index in [-0.39, 0.29) is 23.3 Å². The molecule has 1 aromatic carbocycles. The van der Waals surface area contributed by atoms with Crippen molar-refractivity contribution in [3.8, 4) is 11.5 Å². The average molecular weight is 383 g/mol. The van der Waals surface area contributed by atoms with Gasteiger partial charge in [0.1, 0.15) is 0 Å². The first-order valence-corrected chi connectivity index (χ1v) is 10.2. The second-order valence-electron chi connectivity index (χ2n) is 5.94. The third-order valence-corrected chi connectivity index (χ3v) is 7.14. The molecule has 1 N–H and O–H groups in total. The van der Waals surface area contributed by atoms with Crippen molar-refractivity contribution in [2.45, 2.75) is 10.8 Å². The maximum atomic E-state index is 13.0. The highest BCUT2D eigenvalue weighted by Gasteiger charge is 2.40. The van der Waals surface area contributed by atoms with Crippen LogP contribution in [0.3, 0.4) is 0 Å². The second kappa shape index (κ2) is 7.33. The molecule has 1 aliphatic rings. The largest absolute Gasteiger partial charge is 0.493 e. The van der Waals surface area contributed by atoms with Crippen LogP contribution in [0.25, 0.3) is 0 Å². The van der Waals surface area contributed by atoms with Crippen LogP contribution in [0.4, 0.5) is 0 Å². The number of thiophene rings is 1. The summed E-state index contributed by atoms with van der Waals surface area (Å²) >= 11 is 1.57. The molecule has 0 bridgehead atoms. The number of hydrogen-bond acceptors (Lipinski definition) is 6. The lowest BCUT2D eigenvalue weighted by Crippen LogP contribution is -2.29. The van der Waals surface area contributed by atoms with Gasteiger partial charge in [-0.2, -0.15) is 15.6 Å². The number of aliphatic hydroxyl groups excluding tert-OH is 1. The van der Waals surface area contributed by atoms with Gasteiger partial charge in [-0.15, -0.1) is 0 Å². The molecule has 0 radical (unpaired) electrons. The van der Waals surface area contributed by atoms with E-state index in [1.807, 2.05) is 16.8 Å². The predicted molar refractivity (Wildman–Crippen MR) is 95.9 cm³/mol. The number of methoxy groups -OCH3 is 2. The molecule has 1 aromatic heterocycles. The van der Waals surface area contributed by atoms with Crippen molar-refractivity contribution in [2.75, 3.05) is 33.9 Å². The molecule has 2 atom stereocenters. The van der Waals surface area contributed by atoms with Crippen molar-refractivity contribution < 1.29 is 23.0 Å². The Labute approximate surface area is 151 Å². The van der Waals surface area contributed by atoms with E-state index >= 15 is 0 Å². The fourth-order valence-corrected chi connectivity index (χ4v) is 5.47. The van der Waals surface area contributed by atoms with E-state index in [2.05, 4.69) is 0 Å². The number of hydrogen-bond donors (Lipinski definition) is 1. The molecule has 136 valence electrons. The van der Waals surface area contributed by atoms with Gasteiger partial charge in [0, 0.05) is 37.6 Å². The fraction of sp³-hybridized carbons (Fsp3) is 0.412. The minimum absolute atomic E-state index is 0.00571. The molecular formula is C17H21NO5S2. The summed E-state index contributed by atoms with van der Waals surface area (Å²) in [5, 5.41) is 13.7. The van der Waals surface area contributed by atoms with Crippen LogP contribution in [-0.2, 0) is 10.0 Å². The van der Waals surface area contributed by atoms with E-state index in [0.29, 0.717) is 24.6 Å². The zero-order chi connectivity index (χ0) is 18.0. The number of benzene rings is 1. The summed E-state index contributed by atoms with van der Waals surface area (Å²) in [6, 6.07) is 6.56. The number of rotatable bonds is 6. The molecule has 0 spiro atoms. The molecule has 1 saturated heterocycles. The van der Waals surface area contributed by atoms with Gasteiger partial charge < -0.3 is 14.6 Å². The van der Waals surface area contributed by atoms with E-state index in [1.54, 1.807) is 17.4 Å². The molecule has 0 amide bonds. The van der Waals surface area contributed by atoms with Crippen LogP contribution in [0.15, 0.2) is 39.9 Å². The maximum Gasteiger partial charge on any atom is 0.243 e. The molecule has 3 rings (SSSR count). The molecule has 2 aromatic rings. The fourth-order valence-electron chi connectivity index (χ4n) is 3.20. The smallest absolute Gasteiger partial charge is 0.243 e. The Bertz CT molecular complexity index is 820. The molecule has 1 aliphatic heterocycles. The number of aliphatic hydroxyl groups is 1. The van der Waals surface area contributed by atoms with Crippen LogP contribution in [0.5, 0.6) is 11.5 Å². The Balaban J connectivity index is 1.90. The van der Waals surface area contributed by atoms with Gasteiger partial charge in [-0.3, -0.25) is 0 Å². The van der Waals surface area contributed by atoms with Gasteiger partial charge in [-0.25, -0.2) is 8.42 Å². The third kappa shape index (κ3) is 3.39. The third-order valence-electron chi connectivity index (χ3n) is 4.61. The monoisotopic (exact) mass is 383 g/mol. The van der Waals surface area contributed by atoms with E-state index in [4.69, 9.17) is 9.47 Å². The first kappa shape index (κ1) is 18.2. The van der Waals surface area contributed by atoms with Crippen LogP contribution >= 0.6 is 11.3 Å². The summed E-state index contributed by atoms with van der Waals surface area (Å²) in [6.07, 6.45) is 0. The molecule has 8 heteroatoms. The molecule has 1 fully saturated rings. The lowest BCUT2D eigenvalue weighted by Gasteiger charge is -2.17. The van der Waals surface area contributed by atoms with Crippen LogP contribution in [0.1, 0.15) is 11.5 Å². The summed E-state index contributed by atoms with van der Waals surface area (Å²) in [5.41, 5.74) is 1.08. The van der Waals surface area contributed by atoms with Gasteiger partial charge in [-0.1, -0.05) is 0 Å². The topological polar surface area (TPSA) is 76.1 Å². The maximum absolute atomic E-state index is 13.0. The molecule has 25 heavy (non-hydrogen) atoms. The van der Waals surface area contributed by atoms with E-state index in [9.17, 15) is 13.5 Å². The standard InChI is InChI=1S/C17H21NO5S2/c1-22-16-4-3-14(7-17(16)23-2)25(20,21)18-8-13(10-19)15(9-18)12-5-6-24-11-12/h3-7,11,13,15,19H,8-10H2,1-2H3/t13-,15-/m0/s1. The SMILES string of the molecule is COc1ccc(S(=O)(=O)N2C[C@@H](CO)[C@H](c3ccsc3)C2)cc1OC. The average Bonchev–Trinajstić information content (AvgIpc) is 3.29. The molecule has 0 saturated carbocycles. The zero-order valence-electron chi connectivity index (χ0n) is 14.1. The Morgan fingerprint density at radius 3 is 2.56 bits per heavy atom. The van der Waals surface area contributed by atoms with Crippen molar-refractivity contribution in [3.05, 3.63) is 40.6 Å². The van der Waals surface area contributed by atoms with Gasteiger partial charge >= 0.3 is 0 Å². The highest BCUT2D eigenvalue weighted by atomic mass is 32.2. The van der Waals surface area contributed by atoms with Crippen molar-refractivity contribution in [1.29, 1.82) is 0 Å². The van der Waals surface area contributed by atoms with Gasteiger partial charge in [0.2, 0.25) is 10.0 Å². The van der Waals surface area contributed by atoms with Gasteiger partial charge in [-0.05, 0) is 34.5 Å². The second-order valence-corrected chi connectivity index (χ2v) is 8.66. The van der Waals surface area contributed by atoms with E-state index in [1.165, 1.54) is 30.7 Å². The normalized spacial score (nSPS) is 21.4. The van der Waals surface area contributed by atoms with Crippen molar-refractivity contribution in [1.82, 2.24) is 4.31 Å². The summed E-state index contributed by atoms with van der Waals surface area (Å²) in [7, 11) is -0.699. The van der Waals surface area contributed by atoms with Crippen molar-refractivity contribution >= 4 is 21.4 Å². The lowest BCUT2D eigenvalue weighted by molar-refractivity contribution is 0.223.